The molecule has 0 radical (unpaired) electrons. The van der Waals surface area contributed by atoms with Gasteiger partial charge in [-0.2, -0.15) is 8.42 Å². The number of para-hydroxylation sites is 1. The summed E-state index contributed by atoms with van der Waals surface area (Å²) in [4.78, 5) is 24.0. The molecule has 0 spiro atoms. The first-order valence-electron chi connectivity index (χ1n) is 9.43. The summed E-state index contributed by atoms with van der Waals surface area (Å²) in [5, 5.41) is 2.72. The van der Waals surface area contributed by atoms with Gasteiger partial charge in [-0.1, -0.05) is 12.1 Å². The van der Waals surface area contributed by atoms with Gasteiger partial charge in [0.05, 0.1) is 25.3 Å². The highest BCUT2D eigenvalue weighted by Gasteiger charge is 2.21. The summed E-state index contributed by atoms with van der Waals surface area (Å²) in [6, 6.07) is 16.7. The van der Waals surface area contributed by atoms with Crippen LogP contribution in [0.15, 0.2) is 71.6 Å². The maximum Gasteiger partial charge on any atom is 0.339 e. The van der Waals surface area contributed by atoms with Crippen molar-refractivity contribution in [1.82, 2.24) is 0 Å². The van der Waals surface area contributed by atoms with E-state index in [1.807, 2.05) is 0 Å². The smallest absolute Gasteiger partial charge is 0.339 e. The SMILES string of the molecule is COC(=O)c1ccc(S(=O)(=O)Oc2ccc(NC(=O)c3ccccc3OC)cc2)c(C)c1. The van der Waals surface area contributed by atoms with Crippen molar-refractivity contribution in [2.45, 2.75) is 11.8 Å². The Labute approximate surface area is 185 Å². The van der Waals surface area contributed by atoms with Gasteiger partial charge in [0.25, 0.3) is 5.91 Å². The van der Waals surface area contributed by atoms with Crippen molar-refractivity contribution in [1.29, 1.82) is 0 Å². The number of anilines is 1. The number of ether oxygens (including phenoxy) is 2. The number of methoxy groups -OCH3 is 2. The highest BCUT2D eigenvalue weighted by molar-refractivity contribution is 7.87. The normalized spacial score (nSPS) is 10.8. The van der Waals surface area contributed by atoms with Gasteiger partial charge in [0.1, 0.15) is 16.4 Å². The Balaban J connectivity index is 1.74. The fourth-order valence-electron chi connectivity index (χ4n) is 2.97. The van der Waals surface area contributed by atoms with E-state index in [0.717, 1.165) is 0 Å². The molecule has 0 bridgehead atoms. The minimum atomic E-state index is -4.14. The molecule has 8 nitrogen and oxygen atoms in total. The minimum Gasteiger partial charge on any atom is -0.496 e. The predicted molar refractivity (Wildman–Crippen MR) is 118 cm³/mol. The molecule has 0 aromatic heterocycles. The quantitative estimate of drug-likeness (QED) is 0.426. The predicted octanol–water partition coefficient (Wildman–Crippen LogP) is 3.81. The van der Waals surface area contributed by atoms with Crippen LogP contribution in [-0.2, 0) is 14.9 Å². The summed E-state index contributed by atoms with van der Waals surface area (Å²) in [7, 11) is -1.42. The summed E-state index contributed by atoms with van der Waals surface area (Å²) < 4.78 is 40.4. The number of carbonyl (C=O) groups excluding carboxylic acids is 2. The zero-order chi connectivity index (χ0) is 23.3. The third kappa shape index (κ3) is 5.06. The molecule has 0 saturated carbocycles. The highest BCUT2D eigenvalue weighted by Crippen LogP contribution is 2.25. The Kier molecular flexibility index (Phi) is 6.79. The van der Waals surface area contributed by atoms with Gasteiger partial charge >= 0.3 is 16.1 Å². The van der Waals surface area contributed by atoms with E-state index in [1.165, 1.54) is 56.7 Å². The molecule has 9 heteroatoms. The lowest BCUT2D eigenvalue weighted by atomic mass is 10.1. The number of amides is 1. The van der Waals surface area contributed by atoms with E-state index < -0.39 is 16.1 Å². The second-order valence-electron chi connectivity index (χ2n) is 6.69. The molecule has 0 heterocycles. The molecular weight excluding hydrogens is 434 g/mol. The van der Waals surface area contributed by atoms with Gasteiger partial charge in [0.2, 0.25) is 0 Å². The monoisotopic (exact) mass is 455 g/mol. The summed E-state index contributed by atoms with van der Waals surface area (Å²) in [5.74, 6) is -0.435. The highest BCUT2D eigenvalue weighted by atomic mass is 32.2. The lowest BCUT2D eigenvalue weighted by Crippen LogP contribution is -2.14. The van der Waals surface area contributed by atoms with Crippen LogP contribution in [-0.4, -0.2) is 34.5 Å². The number of hydrogen-bond donors (Lipinski definition) is 1. The molecule has 0 atom stereocenters. The average Bonchev–Trinajstić information content (AvgIpc) is 2.79. The molecule has 1 N–H and O–H groups in total. The molecular formula is C23H21NO7S. The Morgan fingerprint density at radius 2 is 1.59 bits per heavy atom. The van der Waals surface area contributed by atoms with Crippen LogP contribution < -0.4 is 14.2 Å². The van der Waals surface area contributed by atoms with Gasteiger partial charge in [-0.15, -0.1) is 0 Å². The lowest BCUT2D eigenvalue weighted by Gasteiger charge is -2.12. The Morgan fingerprint density at radius 1 is 0.906 bits per heavy atom. The average molecular weight is 455 g/mol. The third-order valence-electron chi connectivity index (χ3n) is 4.54. The van der Waals surface area contributed by atoms with Gasteiger partial charge in [0.15, 0.2) is 0 Å². The molecule has 0 unspecified atom stereocenters. The number of rotatable bonds is 7. The largest absolute Gasteiger partial charge is 0.496 e. The van der Waals surface area contributed by atoms with E-state index in [0.29, 0.717) is 22.6 Å². The molecule has 0 saturated heterocycles. The Morgan fingerprint density at radius 3 is 2.22 bits per heavy atom. The van der Waals surface area contributed by atoms with E-state index in [2.05, 4.69) is 10.1 Å². The second-order valence-corrected chi connectivity index (χ2v) is 8.20. The Hall–Kier alpha value is -3.85. The van der Waals surface area contributed by atoms with Crippen molar-refractivity contribution in [3.63, 3.8) is 0 Å². The topological polar surface area (TPSA) is 108 Å². The number of hydrogen-bond acceptors (Lipinski definition) is 7. The van der Waals surface area contributed by atoms with Crippen LogP contribution in [0.4, 0.5) is 5.69 Å². The van der Waals surface area contributed by atoms with Crippen LogP contribution in [0.5, 0.6) is 11.5 Å². The van der Waals surface area contributed by atoms with Gasteiger partial charge in [-0.25, -0.2) is 4.79 Å². The standard InChI is InChI=1S/C23H21NO7S/c1-15-14-16(23(26)30-3)8-13-21(15)32(27,28)31-18-11-9-17(10-12-18)24-22(25)19-6-4-5-7-20(19)29-2/h4-14H,1-3H3,(H,24,25). The summed E-state index contributed by atoms with van der Waals surface area (Å²) in [5.41, 5.74) is 1.39. The van der Waals surface area contributed by atoms with E-state index in [1.54, 1.807) is 31.2 Å². The zero-order valence-electron chi connectivity index (χ0n) is 17.6. The molecule has 0 fully saturated rings. The van der Waals surface area contributed by atoms with Crippen LogP contribution in [0, 0.1) is 6.92 Å². The third-order valence-corrected chi connectivity index (χ3v) is 5.94. The van der Waals surface area contributed by atoms with Crippen molar-refractivity contribution < 1.29 is 31.7 Å². The van der Waals surface area contributed by atoms with Crippen molar-refractivity contribution >= 4 is 27.7 Å². The van der Waals surface area contributed by atoms with Crippen molar-refractivity contribution in [2.24, 2.45) is 0 Å². The number of nitrogens with one attached hydrogen (secondary N) is 1. The second kappa shape index (κ2) is 9.52. The molecule has 3 aromatic carbocycles. The fourth-order valence-corrected chi connectivity index (χ4v) is 4.11. The first-order chi connectivity index (χ1) is 15.2. The first-order valence-corrected chi connectivity index (χ1v) is 10.8. The van der Waals surface area contributed by atoms with E-state index >= 15 is 0 Å². The molecule has 0 aliphatic heterocycles. The summed E-state index contributed by atoms with van der Waals surface area (Å²) in [6.07, 6.45) is 0. The maximum absolute atomic E-state index is 12.7. The number of carbonyl (C=O) groups is 2. The van der Waals surface area contributed by atoms with Gasteiger partial charge in [0, 0.05) is 5.69 Å². The van der Waals surface area contributed by atoms with Crippen LogP contribution in [0.1, 0.15) is 26.3 Å². The van der Waals surface area contributed by atoms with E-state index in [9.17, 15) is 18.0 Å². The lowest BCUT2D eigenvalue weighted by molar-refractivity contribution is 0.0600. The van der Waals surface area contributed by atoms with Crippen molar-refractivity contribution in [3.05, 3.63) is 83.4 Å². The number of aryl methyl sites for hydroxylation is 1. The molecule has 3 aromatic rings. The molecule has 0 aliphatic rings. The summed E-state index contributed by atoms with van der Waals surface area (Å²) in [6.45, 7) is 1.55. The zero-order valence-corrected chi connectivity index (χ0v) is 18.4. The van der Waals surface area contributed by atoms with Crippen LogP contribution in [0.3, 0.4) is 0 Å². The van der Waals surface area contributed by atoms with Crippen LogP contribution >= 0.6 is 0 Å². The van der Waals surface area contributed by atoms with Gasteiger partial charge in [-0.3, -0.25) is 4.79 Å². The Bertz CT molecular complexity index is 1250. The van der Waals surface area contributed by atoms with E-state index in [4.69, 9.17) is 8.92 Å². The van der Waals surface area contributed by atoms with Gasteiger partial charge in [-0.05, 0) is 67.1 Å². The molecule has 0 aliphatic carbocycles. The van der Waals surface area contributed by atoms with E-state index in [-0.39, 0.29) is 22.1 Å². The molecule has 32 heavy (non-hydrogen) atoms. The molecule has 3 rings (SSSR count). The summed E-state index contributed by atoms with van der Waals surface area (Å²) >= 11 is 0. The maximum atomic E-state index is 12.7. The molecule has 1 amide bonds. The minimum absolute atomic E-state index is 0.0664. The number of esters is 1. The first kappa shape index (κ1) is 22.8. The molecule has 166 valence electrons. The van der Waals surface area contributed by atoms with Crippen LogP contribution in [0.25, 0.3) is 0 Å². The van der Waals surface area contributed by atoms with Gasteiger partial charge < -0.3 is 19.0 Å². The van der Waals surface area contributed by atoms with Crippen molar-refractivity contribution in [3.8, 4) is 11.5 Å². The number of benzene rings is 3. The van der Waals surface area contributed by atoms with Crippen molar-refractivity contribution in [2.75, 3.05) is 19.5 Å². The van der Waals surface area contributed by atoms with Crippen LogP contribution in [0.2, 0.25) is 0 Å². The fraction of sp³-hybridized carbons (Fsp3) is 0.130.